The number of nitrogens with zero attached hydrogens (tertiary/aromatic N) is 2. The van der Waals surface area contributed by atoms with Crippen molar-refractivity contribution >= 4 is 9.84 Å². The smallest absolute Gasteiger partial charge is 0.158 e. The van der Waals surface area contributed by atoms with E-state index in [4.69, 9.17) is 0 Å². The monoisotopic (exact) mass is 284 g/mol. The molecule has 2 unspecified atom stereocenters. The normalized spacial score (nSPS) is 29.9. The van der Waals surface area contributed by atoms with E-state index >= 15 is 0 Å². The number of sulfone groups is 1. The Balaban J connectivity index is 1.89. The molecule has 0 spiro atoms. The SMILES string of the molecule is O=S1(=O)CCCCC1c1cn2c(n1)CCC(CO)C2. The molecule has 1 aromatic heterocycles. The number of hydrogen-bond acceptors (Lipinski definition) is 4. The maximum absolute atomic E-state index is 12.1. The van der Waals surface area contributed by atoms with Crippen molar-refractivity contribution in [2.75, 3.05) is 12.4 Å². The topological polar surface area (TPSA) is 72.2 Å². The van der Waals surface area contributed by atoms with Crippen LogP contribution in [0.2, 0.25) is 0 Å². The van der Waals surface area contributed by atoms with E-state index in [1.165, 1.54) is 0 Å². The summed E-state index contributed by atoms with van der Waals surface area (Å²) in [5, 5.41) is 8.82. The zero-order valence-corrected chi connectivity index (χ0v) is 11.8. The summed E-state index contributed by atoms with van der Waals surface area (Å²) in [7, 11) is -3.02. The fraction of sp³-hybridized carbons (Fsp3) is 0.769. The van der Waals surface area contributed by atoms with Crippen LogP contribution in [0.1, 0.15) is 42.5 Å². The Morgan fingerprint density at radius 3 is 2.95 bits per heavy atom. The molecule has 5 nitrogen and oxygen atoms in total. The van der Waals surface area contributed by atoms with Crippen molar-refractivity contribution in [2.24, 2.45) is 5.92 Å². The molecule has 0 aromatic carbocycles. The lowest BCUT2D eigenvalue weighted by atomic mass is 10.0. The average molecular weight is 284 g/mol. The first-order chi connectivity index (χ1) is 9.10. The van der Waals surface area contributed by atoms with Crippen molar-refractivity contribution in [2.45, 2.75) is 43.9 Å². The Labute approximate surface area is 113 Å². The van der Waals surface area contributed by atoms with Gasteiger partial charge in [0.05, 0.1) is 11.4 Å². The van der Waals surface area contributed by atoms with Crippen LogP contribution in [0.25, 0.3) is 0 Å². The Morgan fingerprint density at radius 1 is 1.37 bits per heavy atom. The fourth-order valence-electron chi connectivity index (χ4n) is 3.13. The van der Waals surface area contributed by atoms with Crippen molar-refractivity contribution in [1.82, 2.24) is 9.55 Å². The summed E-state index contributed by atoms with van der Waals surface area (Å²) in [5.74, 6) is 1.54. The molecule has 106 valence electrons. The fourth-order valence-corrected chi connectivity index (χ4v) is 5.03. The lowest BCUT2D eigenvalue weighted by Crippen LogP contribution is -2.22. The first kappa shape index (κ1) is 13.1. The standard InChI is InChI=1S/C13H20N2O3S/c16-9-10-4-5-13-14-11(8-15(13)7-10)12-3-1-2-6-19(12,17)18/h8,10,12,16H,1-7,9H2. The van der Waals surface area contributed by atoms with Gasteiger partial charge >= 0.3 is 0 Å². The number of aromatic nitrogens is 2. The predicted octanol–water partition coefficient (Wildman–Crippen LogP) is 1.08. The molecule has 19 heavy (non-hydrogen) atoms. The largest absolute Gasteiger partial charge is 0.396 e. The number of rotatable bonds is 2. The number of imidazole rings is 1. The Kier molecular flexibility index (Phi) is 3.39. The van der Waals surface area contributed by atoms with E-state index in [1.54, 1.807) is 0 Å². The van der Waals surface area contributed by atoms with Crippen LogP contribution in [-0.2, 0) is 22.8 Å². The van der Waals surface area contributed by atoms with Crippen LogP contribution < -0.4 is 0 Å². The molecular weight excluding hydrogens is 264 g/mol. The summed E-state index contributed by atoms with van der Waals surface area (Å²) in [6.45, 7) is 0.945. The van der Waals surface area contributed by atoms with Gasteiger partial charge in [0.1, 0.15) is 11.1 Å². The van der Waals surface area contributed by atoms with Gasteiger partial charge in [-0.1, -0.05) is 6.42 Å². The molecule has 6 heteroatoms. The van der Waals surface area contributed by atoms with Crippen LogP contribution in [0.5, 0.6) is 0 Å². The second-order valence-corrected chi connectivity index (χ2v) is 7.98. The van der Waals surface area contributed by atoms with Crippen LogP contribution in [-0.4, -0.2) is 35.4 Å². The van der Waals surface area contributed by atoms with E-state index in [0.717, 1.165) is 38.1 Å². The van der Waals surface area contributed by atoms with E-state index in [1.807, 2.05) is 10.8 Å². The first-order valence-corrected chi connectivity index (χ1v) is 8.70. The van der Waals surface area contributed by atoms with Crippen molar-refractivity contribution in [3.63, 3.8) is 0 Å². The molecule has 1 fully saturated rings. The molecule has 0 bridgehead atoms. The van der Waals surface area contributed by atoms with Crippen LogP contribution in [0.3, 0.4) is 0 Å². The molecule has 0 radical (unpaired) electrons. The summed E-state index contributed by atoms with van der Waals surface area (Å²) < 4.78 is 26.3. The van der Waals surface area contributed by atoms with Gasteiger partial charge in [-0.3, -0.25) is 0 Å². The van der Waals surface area contributed by atoms with Crippen molar-refractivity contribution in [3.05, 3.63) is 17.7 Å². The summed E-state index contributed by atoms with van der Waals surface area (Å²) in [6, 6.07) is 0. The third kappa shape index (κ3) is 2.43. The van der Waals surface area contributed by atoms with E-state index in [2.05, 4.69) is 4.98 Å². The quantitative estimate of drug-likeness (QED) is 0.882. The Bertz CT molecular complexity index is 564. The molecule has 1 aromatic rings. The second kappa shape index (κ2) is 4.90. The van der Waals surface area contributed by atoms with Gasteiger partial charge < -0.3 is 9.67 Å². The molecule has 2 atom stereocenters. The number of aliphatic hydroxyl groups excluding tert-OH is 1. The first-order valence-electron chi connectivity index (χ1n) is 6.98. The molecular formula is C13H20N2O3S. The minimum Gasteiger partial charge on any atom is -0.396 e. The molecule has 0 amide bonds. The van der Waals surface area contributed by atoms with Gasteiger partial charge in [0.25, 0.3) is 0 Å². The van der Waals surface area contributed by atoms with Gasteiger partial charge in [-0.2, -0.15) is 0 Å². The van der Waals surface area contributed by atoms with E-state index in [0.29, 0.717) is 17.9 Å². The van der Waals surface area contributed by atoms with Gasteiger partial charge in [0, 0.05) is 31.7 Å². The summed E-state index contributed by atoms with van der Waals surface area (Å²) in [6.07, 6.45) is 6.10. The molecule has 1 N–H and O–H groups in total. The maximum Gasteiger partial charge on any atom is 0.158 e. The number of fused-ring (bicyclic) bond motifs is 1. The predicted molar refractivity (Wildman–Crippen MR) is 71.5 cm³/mol. The van der Waals surface area contributed by atoms with Crippen LogP contribution in [0, 0.1) is 5.92 Å². The van der Waals surface area contributed by atoms with Gasteiger partial charge in [-0.05, 0) is 19.3 Å². The van der Waals surface area contributed by atoms with Crippen molar-refractivity contribution in [3.8, 4) is 0 Å². The highest BCUT2D eigenvalue weighted by Gasteiger charge is 2.33. The van der Waals surface area contributed by atoms with Crippen LogP contribution in [0.4, 0.5) is 0 Å². The van der Waals surface area contributed by atoms with E-state index in [-0.39, 0.29) is 12.5 Å². The maximum atomic E-state index is 12.1. The summed E-state index contributed by atoms with van der Waals surface area (Å²) in [4.78, 5) is 4.54. The molecule has 2 aliphatic heterocycles. The molecule has 1 saturated heterocycles. The summed E-state index contributed by atoms with van der Waals surface area (Å²) in [5.41, 5.74) is 0.716. The third-order valence-electron chi connectivity index (χ3n) is 4.28. The molecule has 3 rings (SSSR count). The Hall–Kier alpha value is -0.880. The molecule has 0 aliphatic carbocycles. The zero-order chi connectivity index (χ0) is 13.5. The van der Waals surface area contributed by atoms with Crippen molar-refractivity contribution < 1.29 is 13.5 Å². The molecule has 3 heterocycles. The molecule has 0 saturated carbocycles. The van der Waals surface area contributed by atoms with Gasteiger partial charge in [-0.25, -0.2) is 13.4 Å². The number of aliphatic hydroxyl groups is 1. The van der Waals surface area contributed by atoms with Crippen LogP contribution >= 0.6 is 0 Å². The second-order valence-electron chi connectivity index (χ2n) is 5.67. The van der Waals surface area contributed by atoms with Gasteiger partial charge in [-0.15, -0.1) is 0 Å². The highest BCUT2D eigenvalue weighted by Crippen LogP contribution is 2.33. The Morgan fingerprint density at radius 2 is 2.21 bits per heavy atom. The van der Waals surface area contributed by atoms with Crippen molar-refractivity contribution in [1.29, 1.82) is 0 Å². The zero-order valence-electron chi connectivity index (χ0n) is 11.0. The van der Waals surface area contributed by atoms with E-state index in [9.17, 15) is 13.5 Å². The minimum absolute atomic E-state index is 0.189. The lowest BCUT2D eigenvalue weighted by Gasteiger charge is -2.21. The molecule has 2 aliphatic rings. The third-order valence-corrected chi connectivity index (χ3v) is 6.48. The van der Waals surface area contributed by atoms with E-state index < -0.39 is 15.1 Å². The number of hydrogen-bond donors (Lipinski definition) is 1. The minimum atomic E-state index is -3.02. The number of aryl methyl sites for hydroxylation is 1. The van der Waals surface area contributed by atoms with Gasteiger partial charge in [0.15, 0.2) is 9.84 Å². The van der Waals surface area contributed by atoms with Crippen LogP contribution in [0.15, 0.2) is 6.20 Å². The highest BCUT2D eigenvalue weighted by atomic mass is 32.2. The average Bonchev–Trinajstić information content (AvgIpc) is 2.80. The lowest BCUT2D eigenvalue weighted by molar-refractivity contribution is 0.190. The van der Waals surface area contributed by atoms with Gasteiger partial charge in [0.2, 0.25) is 0 Å². The highest BCUT2D eigenvalue weighted by molar-refractivity contribution is 7.91. The summed E-state index contributed by atoms with van der Waals surface area (Å²) >= 11 is 0.